The summed E-state index contributed by atoms with van der Waals surface area (Å²) in [6.07, 6.45) is 1.95. The van der Waals surface area contributed by atoms with Crippen LogP contribution in [-0.4, -0.2) is 37.0 Å². The van der Waals surface area contributed by atoms with Crippen LogP contribution < -0.4 is 5.32 Å². The Bertz CT molecular complexity index is 676. The number of hydrogen-bond donors (Lipinski definition) is 1. The first kappa shape index (κ1) is 14.5. The topological polar surface area (TPSA) is 32.3 Å². The van der Waals surface area contributed by atoms with Gasteiger partial charge in [0.2, 0.25) is 0 Å². The summed E-state index contributed by atoms with van der Waals surface area (Å²) in [6, 6.07) is 5.29. The van der Waals surface area contributed by atoms with E-state index in [9.17, 15) is 9.18 Å². The zero-order valence-electron chi connectivity index (χ0n) is 12.3. The standard InChI is InChI=1S/C16H19FN2OS/c1-10-14-12(17)4-3-5-13(14)21-15(10)16(20)19(2)11-6-8-18-9-7-11/h3-5,11,18H,6-9H2,1-2H3. The zero-order valence-corrected chi connectivity index (χ0v) is 13.1. The number of benzene rings is 1. The Labute approximate surface area is 127 Å². The number of carbonyl (C=O) groups excluding carboxylic acids is 1. The van der Waals surface area contributed by atoms with Crippen LogP contribution in [0.3, 0.4) is 0 Å². The molecule has 1 N–H and O–H groups in total. The smallest absolute Gasteiger partial charge is 0.264 e. The molecule has 1 amide bonds. The first-order valence-electron chi connectivity index (χ1n) is 7.25. The van der Waals surface area contributed by atoms with Crippen molar-refractivity contribution in [2.75, 3.05) is 20.1 Å². The minimum absolute atomic E-state index is 0.0139. The summed E-state index contributed by atoms with van der Waals surface area (Å²) >= 11 is 1.39. The van der Waals surface area contributed by atoms with Gasteiger partial charge in [0.25, 0.3) is 5.91 Å². The second-order valence-electron chi connectivity index (χ2n) is 5.57. The van der Waals surface area contributed by atoms with Crippen LogP contribution in [0.1, 0.15) is 28.1 Å². The fourth-order valence-electron chi connectivity index (χ4n) is 2.98. The molecule has 112 valence electrons. The van der Waals surface area contributed by atoms with Crippen molar-refractivity contribution < 1.29 is 9.18 Å². The Balaban J connectivity index is 1.94. The van der Waals surface area contributed by atoms with Gasteiger partial charge in [0.1, 0.15) is 5.82 Å². The van der Waals surface area contributed by atoms with Crippen LogP contribution in [0.15, 0.2) is 18.2 Å². The second-order valence-corrected chi connectivity index (χ2v) is 6.62. The SMILES string of the molecule is Cc1c(C(=O)N(C)C2CCNCC2)sc2cccc(F)c12. The monoisotopic (exact) mass is 306 g/mol. The number of amides is 1. The third-order valence-electron chi connectivity index (χ3n) is 4.27. The van der Waals surface area contributed by atoms with E-state index in [2.05, 4.69) is 5.32 Å². The number of thiophene rings is 1. The van der Waals surface area contributed by atoms with E-state index in [4.69, 9.17) is 0 Å². The molecule has 1 aliphatic rings. The van der Waals surface area contributed by atoms with Crippen LogP contribution in [0.2, 0.25) is 0 Å². The molecular formula is C16H19FN2OS. The van der Waals surface area contributed by atoms with E-state index in [1.165, 1.54) is 17.4 Å². The maximum atomic E-state index is 14.0. The van der Waals surface area contributed by atoms with Crippen LogP contribution in [-0.2, 0) is 0 Å². The quantitative estimate of drug-likeness (QED) is 0.924. The highest BCUT2D eigenvalue weighted by atomic mass is 32.1. The fraction of sp³-hybridized carbons (Fsp3) is 0.438. The molecule has 0 radical (unpaired) electrons. The molecule has 2 heterocycles. The number of halogens is 1. The lowest BCUT2D eigenvalue weighted by atomic mass is 10.0. The van der Waals surface area contributed by atoms with E-state index in [0.717, 1.165) is 36.2 Å². The number of aryl methyl sites for hydroxylation is 1. The molecule has 0 atom stereocenters. The number of fused-ring (bicyclic) bond motifs is 1. The van der Waals surface area contributed by atoms with Gasteiger partial charge in [0.15, 0.2) is 0 Å². The predicted molar refractivity (Wildman–Crippen MR) is 84.5 cm³/mol. The van der Waals surface area contributed by atoms with E-state index in [1.807, 2.05) is 24.9 Å². The minimum atomic E-state index is -0.246. The third kappa shape index (κ3) is 2.56. The number of carbonyl (C=O) groups is 1. The van der Waals surface area contributed by atoms with Gasteiger partial charge in [-0.15, -0.1) is 11.3 Å². The van der Waals surface area contributed by atoms with Crippen LogP contribution in [0.4, 0.5) is 4.39 Å². The first-order valence-corrected chi connectivity index (χ1v) is 8.06. The number of hydrogen-bond acceptors (Lipinski definition) is 3. The number of piperidine rings is 1. The molecule has 21 heavy (non-hydrogen) atoms. The first-order chi connectivity index (χ1) is 10.1. The van der Waals surface area contributed by atoms with Crippen molar-refractivity contribution >= 4 is 27.3 Å². The molecule has 0 unspecified atom stereocenters. The lowest BCUT2D eigenvalue weighted by Gasteiger charge is -2.31. The van der Waals surface area contributed by atoms with Crippen LogP contribution in [0, 0.1) is 12.7 Å². The molecule has 3 nitrogen and oxygen atoms in total. The molecule has 1 aromatic carbocycles. The highest BCUT2D eigenvalue weighted by molar-refractivity contribution is 7.21. The van der Waals surface area contributed by atoms with Gasteiger partial charge in [-0.3, -0.25) is 4.79 Å². The highest BCUT2D eigenvalue weighted by Crippen LogP contribution is 2.33. The fourth-order valence-corrected chi connectivity index (χ4v) is 4.18. The summed E-state index contributed by atoms with van der Waals surface area (Å²) in [4.78, 5) is 15.2. The normalized spacial score (nSPS) is 16.3. The Morgan fingerprint density at radius 3 is 2.76 bits per heavy atom. The molecule has 1 saturated heterocycles. The van der Waals surface area contributed by atoms with Gasteiger partial charge >= 0.3 is 0 Å². The van der Waals surface area contributed by atoms with E-state index in [0.29, 0.717) is 10.3 Å². The van der Waals surface area contributed by atoms with Crippen LogP contribution >= 0.6 is 11.3 Å². The number of nitrogens with zero attached hydrogens (tertiary/aromatic N) is 1. The molecule has 2 aromatic rings. The third-order valence-corrected chi connectivity index (χ3v) is 5.52. The Morgan fingerprint density at radius 1 is 1.38 bits per heavy atom. The Kier molecular flexibility index (Phi) is 3.95. The molecule has 0 aliphatic carbocycles. The van der Waals surface area contributed by atoms with Gasteiger partial charge in [-0.2, -0.15) is 0 Å². The van der Waals surface area contributed by atoms with Crippen molar-refractivity contribution in [2.24, 2.45) is 0 Å². The molecule has 1 aliphatic heterocycles. The molecule has 1 aromatic heterocycles. The molecule has 0 spiro atoms. The number of rotatable bonds is 2. The largest absolute Gasteiger partial charge is 0.338 e. The molecule has 0 saturated carbocycles. The molecule has 0 bridgehead atoms. The van der Waals surface area contributed by atoms with Crippen molar-refractivity contribution in [3.63, 3.8) is 0 Å². The lowest BCUT2D eigenvalue weighted by Crippen LogP contribution is -2.43. The molecule has 3 rings (SSSR count). The van der Waals surface area contributed by atoms with Gasteiger partial charge in [-0.25, -0.2) is 4.39 Å². The highest BCUT2D eigenvalue weighted by Gasteiger charge is 2.26. The Hall–Kier alpha value is -1.46. The second kappa shape index (κ2) is 5.73. The van der Waals surface area contributed by atoms with Crippen LogP contribution in [0.25, 0.3) is 10.1 Å². The van der Waals surface area contributed by atoms with Crippen molar-refractivity contribution in [1.82, 2.24) is 10.2 Å². The van der Waals surface area contributed by atoms with Gasteiger partial charge in [0.05, 0.1) is 4.88 Å². The van der Waals surface area contributed by atoms with Gasteiger partial charge in [-0.1, -0.05) is 6.07 Å². The number of nitrogens with one attached hydrogen (secondary N) is 1. The summed E-state index contributed by atoms with van der Waals surface area (Å²) < 4.78 is 14.8. The maximum absolute atomic E-state index is 14.0. The summed E-state index contributed by atoms with van der Waals surface area (Å²) in [5.41, 5.74) is 0.763. The van der Waals surface area contributed by atoms with Crippen LogP contribution in [0.5, 0.6) is 0 Å². The summed E-state index contributed by atoms with van der Waals surface area (Å²) in [5, 5.41) is 3.89. The minimum Gasteiger partial charge on any atom is -0.338 e. The average molecular weight is 306 g/mol. The maximum Gasteiger partial charge on any atom is 0.264 e. The predicted octanol–water partition coefficient (Wildman–Crippen LogP) is 3.17. The van der Waals surface area contributed by atoms with E-state index in [-0.39, 0.29) is 17.8 Å². The average Bonchev–Trinajstić information content (AvgIpc) is 2.85. The summed E-state index contributed by atoms with van der Waals surface area (Å²) in [7, 11) is 1.86. The summed E-state index contributed by atoms with van der Waals surface area (Å²) in [5.74, 6) is -0.232. The van der Waals surface area contributed by atoms with Crippen molar-refractivity contribution in [3.05, 3.63) is 34.5 Å². The van der Waals surface area contributed by atoms with Gasteiger partial charge < -0.3 is 10.2 Å². The summed E-state index contributed by atoms with van der Waals surface area (Å²) in [6.45, 7) is 3.73. The van der Waals surface area contributed by atoms with Gasteiger partial charge in [0, 0.05) is 23.2 Å². The van der Waals surface area contributed by atoms with E-state index >= 15 is 0 Å². The zero-order chi connectivity index (χ0) is 15.0. The lowest BCUT2D eigenvalue weighted by molar-refractivity contribution is 0.0707. The Morgan fingerprint density at radius 2 is 2.10 bits per heavy atom. The van der Waals surface area contributed by atoms with Crippen molar-refractivity contribution in [1.29, 1.82) is 0 Å². The van der Waals surface area contributed by atoms with Crippen molar-refractivity contribution in [2.45, 2.75) is 25.8 Å². The van der Waals surface area contributed by atoms with Gasteiger partial charge in [-0.05, 0) is 50.6 Å². The van der Waals surface area contributed by atoms with E-state index in [1.54, 1.807) is 6.07 Å². The molecule has 5 heteroatoms. The molecular weight excluding hydrogens is 287 g/mol. The van der Waals surface area contributed by atoms with E-state index < -0.39 is 0 Å². The van der Waals surface area contributed by atoms with Crippen molar-refractivity contribution in [3.8, 4) is 0 Å². The molecule has 1 fully saturated rings.